The molecule has 30 heavy (non-hydrogen) atoms. The van der Waals surface area contributed by atoms with E-state index in [4.69, 9.17) is 9.16 Å². The van der Waals surface area contributed by atoms with E-state index in [2.05, 4.69) is 91.5 Å². The highest BCUT2D eigenvalue weighted by Crippen LogP contribution is 2.37. The van der Waals surface area contributed by atoms with Crippen molar-refractivity contribution in [2.75, 3.05) is 6.61 Å². The van der Waals surface area contributed by atoms with Gasteiger partial charge in [0.1, 0.15) is 12.4 Å². The molecule has 0 aromatic carbocycles. The Morgan fingerprint density at radius 1 is 1.07 bits per heavy atom. The van der Waals surface area contributed by atoms with Crippen molar-refractivity contribution < 1.29 is 9.16 Å². The normalized spacial score (nSPS) is 19.8. The number of fused-ring (bicyclic) bond motifs is 1. The predicted molar refractivity (Wildman–Crippen MR) is 120 cm³/mol. The Hall–Kier alpha value is -2.29. The lowest BCUT2D eigenvalue weighted by molar-refractivity contribution is -0.00380. The first-order valence-electron chi connectivity index (χ1n) is 10.4. The number of hydrogen-bond donors (Lipinski definition) is 0. The third-order valence-electron chi connectivity index (χ3n) is 6.32. The Morgan fingerprint density at radius 2 is 1.77 bits per heavy atom. The van der Waals surface area contributed by atoms with Gasteiger partial charge in [-0.2, -0.15) is 0 Å². The first-order valence-corrected chi connectivity index (χ1v) is 13.3. The van der Waals surface area contributed by atoms with Gasteiger partial charge in [-0.3, -0.25) is 4.57 Å². The van der Waals surface area contributed by atoms with Crippen LogP contribution in [0, 0.1) is 13.8 Å². The summed E-state index contributed by atoms with van der Waals surface area (Å²) in [7, 11) is -1.81. The minimum absolute atomic E-state index is 0.0724. The van der Waals surface area contributed by atoms with E-state index in [1.54, 1.807) is 12.7 Å². The van der Waals surface area contributed by atoms with Crippen LogP contribution < -0.4 is 0 Å². The lowest BCUT2D eigenvalue weighted by Gasteiger charge is -2.36. The molecule has 4 rings (SSSR count). The number of aryl methyl sites for hydroxylation is 2. The molecule has 1 aliphatic heterocycles. The van der Waals surface area contributed by atoms with Crippen molar-refractivity contribution in [1.29, 1.82) is 0 Å². The van der Waals surface area contributed by atoms with Crippen molar-refractivity contribution in [2.24, 2.45) is 0 Å². The van der Waals surface area contributed by atoms with Crippen molar-refractivity contribution in [2.45, 2.75) is 65.1 Å². The van der Waals surface area contributed by atoms with Crippen LogP contribution in [0.25, 0.3) is 17.0 Å². The lowest BCUT2D eigenvalue weighted by Crippen LogP contribution is -2.42. The SMILES string of the molecule is Cc1ccc(C)n1-c1ncnc2c1ncn2[C@H]1C=C[C@@H](CO[Si](C)(C)C(C)(C)C)O1. The van der Waals surface area contributed by atoms with E-state index in [1.807, 2.05) is 4.57 Å². The molecule has 0 bridgehead atoms. The molecule has 0 amide bonds. The molecule has 0 unspecified atom stereocenters. The van der Waals surface area contributed by atoms with Gasteiger partial charge < -0.3 is 13.7 Å². The van der Waals surface area contributed by atoms with E-state index >= 15 is 0 Å². The number of aromatic nitrogens is 5. The molecule has 3 aromatic rings. The summed E-state index contributed by atoms with van der Waals surface area (Å²) in [6.45, 7) is 16.0. The number of imidazole rings is 1. The number of ether oxygens (including phenoxy) is 1. The molecule has 8 heteroatoms. The van der Waals surface area contributed by atoms with Crippen LogP contribution in [-0.2, 0) is 9.16 Å². The van der Waals surface area contributed by atoms with Crippen molar-refractivity contribution in [3.05, 3.63) is 48.3 Å². The second kappa shape index (κ2) is 7.44. The van der Waals surface area contributed by atoms with Crippen molar-refractivity contribution >= 4 is 19.5 Å². The highest BCUT2D eigenvalue weighted by Gasteiger charge is 2.38. The van der Waals surface area contributed by atoms with Crippen LogP contribution >= 0.6 is 0 Å². The quantitative estimate of drug-likeness (QED) is 0.437. The molecular weight excluding hydrogens is 394 g/mol. The average Bonchev–Trinajstić information content (AvgIpc) is 3.37. The summed E-state index contributed by atoms with van der Waals surface area (Å²) in [5.41, 5.74) is 3.75. The zero-order valence-electron chi connectivity index (χ0n) is 18.9. The van der Waals surface area contributed by atoms with E-state index < -0.39 is 8.32 Å². The zero-order valence-corrected chi connectivity index (χ0v) is 19.9. The summed E-state index contributed by atoms with van der Waals surface area (Å²) in [4.78, 5) is 13.6. The molecule has 0 N–H and O–H groups in total. The Morgan fingerprint density at radius 3 is 2.43 bits per heavy atom. The molecule has 0 spiro atoms. The monoisotopic (exact) mass is 425 g/mol. The van der Waals surface area contributed by atoms with Crippen LogP contribution in [0.2, 0.25) is 18.1 Å². The predicted octanol–water partition coefficient (Wildman–Crippen LogP) is 4.71. The van der Waals surface area contributed by atoms with Gasteiger partial charge in [-0.15, -0.1) is 0 Å². The van der Waals surface area contributed by atoms with E-state index in [1.165, 1.54) is 0 Å². The molecule has 0 saturated heterocycles. The van der Waals surface area contributed by atoms with Gasteiger partial charge in [-0.25, -0.2) is 15.0 Å². The second-order valence-corrected chi connectivity index (χ2v) is 14.3. The summed E-state index contributed by atoms with van der Waals surface area (Å²) in [5.74, 6) is 0.790. The van der Waals surface area contributed by atoms with Crippen molar-refractivity contribution in [1.82, 2.24) is 24.1 Å². The third kappa shape index (κ3) is 3.63. The topological polar surface area (TPSA) is 67.0 Å². The largest absolute Gasteiger partial charge is 0.414 e. The molecule has 3 aromatic heterocycles. The summed E-state index contributed by atoms with van der Waals surface area (Å²) < 4.78 is 16.6. The molecule has 2 atom stereocenters. The van der Waals surface area contributed by atoms with Gasteiger partial charge in [0, 0.05) is 11.4 Å². The van der Waals surface area contributed by atoms with Gasteiger partial charge in [0.25, 0.3) is 0 Å². The summed E-state index contributed by atoms with van der Waals surface area (Å²) in [5, 5.41) is 0.178. The number of rotatable bonds is 5. The smallest absolute Gasteiger partial charge is 0.192 e. The maximum Gasteiger partial charge on any atom is 0.192 e. The fraction of sp³-hybridized carbons (Fsp3) is 0.500. The Balaban J connectivity index is 1.55. The zero-order chi connectivity index (χ0) is 21.7. The third-order valence-corrected chi connectivity index (χ3v) is 10.8. The minimum atomic E-state index is -1.81. The van der Waals surface area contributed by atoms with Crippen LogP contribution in [0.5, 0.6) is 0 Å². The summed E-state index contributed by atoms with van der Waals surface area (Å²) >= 11 is 0. The van der Waals surface area contributed by atoms with Gasteiger partial charge in [-0.05, 0) is 50.2 Å². The lowest BCUT2D eigenvalue weighted by atomic mass is 10.2. The number of nitrogens with zero attached hydrogens (tertiary/aromatic N) is 5. The minimum Gasteiger partial charge on any atom is -0.414 e. The van der Waals surface area contributed by atoms with E-state index in [-0.39, 0.29) is 17.4 Å². The van der Waals surface area contributed by atoms with E-state index in [0.717, 1.165) is 28.4 Å². The average molecular weight is 426 g/mol. The molecule has 0 aliphatic carbocycles. The second-order valence-electron chi connectivity index (χ2n) is 9.49. The first kappa shape index (κ1) is 21.0. The molecule has 160 valence electrons. The Kier molecular flexibility index (Phi) is 5.20. The van der Waals surface area contributed by atoms with Crippen molar-refractivity contribution in [3.8, 4) is 5.82 Å². The van der Waals surface area contributed by atoms with Crippen LogP contribution in [0.3, 0.4) is 0 Å². The molecule has 0 saturated carbocycles. The molecule has 0 radical (unpaired) electrons. The molecular formula is C22H31N5O2Si. The summed E-state index contributed by atoms with van der Waals surface area (Å²) in [6.07, 6.45) is 7.17. The van der Waals surface area contributed by atoms with E-state index in [0.29, 0.717) is 6.61 Å². The number of hydrogen-bond acceptors (Lipinski definition) is 5. The maximum atomic E-state index is 6.33. The molecule has 4 heterocycles. The van der Waals surface area contributed by atoms with Crippen LogP contribution in [0.4, 0.5) is 0 Å². The van der Waals surface area contributed by atoms with Crippen LogP contribution in [-0.4, -0.2) is 45.1 Å². The Bertz CT molecular complexity index is 1070. The fourth-order valence-electron chi connectivity index (χ4n) is 3.44. The molecule has 7 nitrogen and oxygen atoms in total. The maximum absolute atomic E-state index is 6.33. The van der Waals surface area contributed by atoms with Gasteiger partial charge in [0.15, 0.2) is 31.5 Å². The van der Waals surface area contributed by atoms with Gasteiger partial charge >= 0.3 is 0 Å². The van der Waals surface area contributed by atoms with E-state index in [9.17, 15) is 0 Å². The fourth-order valence-corrected chi connectivity index (χ4v) is 4.45. The van der Waals surface area contributed by atoms with Gasteiger partial charge in [0.05, 0.1) is 12.9 Å². The highest BCUT2D eigenvalue weighted by atomic mass is 28.4. The van der Waals surface area contributed by atoms with Crippen LogP contribution in [0.1, 0.15) is 38.4 Å². The highest BCUT2D eigenvalue weighted by molar-refractivity contribution is 6.74. The summed E-state index contributed by atoms with van der Waals surface area (Å²) in [6, 6.07) is 4.16. The molecule has 1 aliphatic rings. The van der Waals surface area contributed by atoms with Gasteiger partial charge in [-0.1, -0.05) is 26.8 Å². The van der Waals surface area contributed by atoms with Crippen LogP contribution in [0.15, 0.2) is 36.9 Å². The van der Waals surface area contributed by atoms with Crippen molar-refractivity contribution in [3.63, 3.8) is 0 Å². The van der Waals surface area contributed by atoms with Gasteiger partial charge in [0.2, 0.25) is 0 Å². The Labute approximate surface area is 178 Å². The first-order chi connectivity index (χ1) is 14.1. The molecule has 0 fully saturated rings. The standard InChI is InChI=1S/C22H31N5O2Si/c1-15-8-9-16(2)27(15)21-19-20(23-13-24-21)26(14-25-19)18-11-10-17(29-18)12-28-30(6,7)22(3,4)5/h8-11,13-14,17-18H,12H2,1-7H3/t17-,18+/m0/s1.